The third-order valence-electron chi connectivity index (χ3n) is 2.82. The number of fused-ring (bicyclic) bond motifs is 3. The average Bonchev–Trinajstić information content (AvgIpc) is 2.65. The summed E-state index contributed by atoms with van der Waals surface area (Å²) < 4.78 is 0. The summed E-state index contributed by atoms with van der Waals surface area (Å²) in [5.74, 6) is 0. The molecule has 0 unspecified atom stereocenters. The third kappa shape index (κ3) is 1.11. The van der Waals surface area contributed by atoms with E-state index < -0.39 is 0 Å². The van der Waals surface area contributed by atoms with Crippen LogP contribution >= 0.6 is 11.6 Å². The van der Waals surface area contributed by atoms with Crippen molar-refractivity contribution in [3.8, 4) is 11.1 Å². The van der Waals surface area contributed by atoms with Crippen LogP contribution in [0.25, 0.3) is 11.1 Å². The number of halogens is 1. The van der Waals surface area contributed by atoms with Crippen molar-refractivity contribution in [1.82, 2.24) is 0 Å². The van der Waals surface area contributed by atoms with E-state index in [0.717, 1.165) is 22.3 Å². The smallest absolute Gasteiger partial charge is 0.119 e. The first kappa shape index (κ1) is 9.43. The lowest BCUT2D eigenvalue weighted by atomic mass is 10.1. The molecule has 0 amide bonds. The lowest BCUT2D eigenvalue weighted by molar-refractivity contribution is 0.320. The molecule has 3 heteroatoms. The fraction of sp³-hybridized carbons (Fsp3) is 0. The normalized spacial score (nSPS) is 14.9. The van der Waals surface area contributed by atoms with Crippen molar-refractivity contribution in [3.63, 3.8) is 0 Å². The number of benzene rings is 2. The summed E-state index contributed by atoms with van der Waals surface area (Å²) in [6.45, 7) is 0. The standard InChI is InChI=1S/C13H8ClNO/c14-11-7-3-6-9-8-4-1-2-5-10(8)13(15-16)12(9)11/h1-7,16H/b15-13+. The van der Waals surface area contributed by atoms with Crippen LogP contribution in [-0.4, -0.2) is 10.9 Å². The molecule has 0 heterocycles. The van der Waals surface area contributed by atoms with E-state index in [1.165, 1.54) is 0 Å². The molecule has 2 nitrogen and oxygen atoms in total. The molecule has 0 aliphatic heterocycles. The zero-order valence-electron chi connectivity index (χ0n) is 8.31. The van der Waals surface area contributed by atoms with Gasteiger partial charge in [0.15, 0.2) is 0 Å². The maximum Gasteiger partial charge on any atom is 0.119 e. The highest BCUT2D eigenvalue weighted by molar-refractivity contribution is 6.38. The molecule has 0 bridgehead atoms. The Morgan fingerprint density at radius 2 is 1.56 bits per heavy atom. The minimum Gasteiger partial charge on any atom is -0.410 e. The maximum absolute atomic E-state index is 9.11. The Labute approximate surface area is 97.8 Å². The van der Waals surface area contributed by atoms with E-state index >= 15 is 0 Å². The van der Waals surface area contributed by atoms with Gasteiger partial charge in [-0.05, 0) is 17.2 Å². The molecule has 0 aromatic heterocycles. The van der Waals surface area contributed by atoms with Gasteiger partial charge in [0.05, 0.1) is 5.02 Å². The molecule has 1 N–H and O–H groups in total. The highest BCUT2D eigenvalue weighted by atomic mass is 35.5. The van der Waals surface area contributed by atoms with E-state index in [4.69, 9.17) is 16.8 Å². The van der Waals surface area contributed by atoms with Gasteiger partial charge in [0, 0.05) is 11.1 Å². The summed E-state index contributed by atoms with van der Waals surface area (Å²) in [5, 5.41) is 13.1. The minimum atomic E-state index is 0.552. The van der Waals surface area contributed by atoms with Crippen LogP contribution in [-0.2, 0) is 0 Å². The zero-order chi connectivity index (χ0) is 11.1. The van der Waals surface area contributed by atoms with E-state index in [-0.39, 0.29) is 0 Å². The fourth-order valence-corrected chi connectivity index (χ4v) is 2.42. The Kier molecular flexibility index (Phi) is 1.98. The summed E-state index contributed by atoms with van der Waals surface area (Å²) in [4.78, 5) is 0. The molecule has 0 radical (unpaired) electrons. The molecular formula is C13H8ClNO. The maximum atomic E-state index is 9.11. The first-order valence-electron chi connectivity index (χ1n) is 4.93. The first-order valence-corrected chi connectivity index (χ1v) is 5.31. The van der Waals surface area contributed by atoms with Crippen molar-refractivity contribution in [2.45, 2.75) is 0 Å². The number of hydrogen-bond acceptors (Lipinski definition) is 2. The van der Waals surface area contributed by atoms with Crippen molar-refractivity contribution in [2.24, 2.45) is 5.16 Å². The Morgan fingerprint density at radius 3 is 2.31 bits per heavy atom. The van der Waals surface area contributed by atoms with Crippen LogP contribution in [0.1, 0.15) is 11.1 Å². The van der Waals surface area contributed by atoms with E-state index in [0.29, 0.717) is 10.7 Å². The zero-order valence-corrected chi connectivity index (χ0v) is 9.07. The van der Waals surface area contributed by atoms with Crippen LogP contribution in [0.3, 0.4) is 0 Å². The van der Waals surface area contributed by atoms with E-state index in [1.807, 2.05) is 36.4 Å². The lowest BCUT2D eigenvalue weighted by Gasteiger charge is -2.01. The predicted molar refractivity (Wildman–Crippen MR) is 64.3 cm³/mol. The number of oxime groups is 1. The van der Waals surface area contributed by atoms with Gasteiger partial charge in [-0.1, -0.05) is 53.2 Å². The van der Waals surface area contributed by atoms with Gasteiger partial charge < -0.3 is 5.21 Å². The van der Waals surface area contributed by atoms with Crippen LogP contribution < -0.4 is 0 Å². The van der Waals surface area contributed by atoms with Crippen molar-refractivity contribution in [3.05, 3.63) is 58.6 Å². The molecule has 78 valence electrons. The summed E-state index contributed by atoms with van der Waals surface area (Å²) in [7, 11) is 0. The Bertz CT molecular complexity index is 605. The van der Waals surface area contributed by atoms with Gasteiger partial charge in [0.2, 0.25) is 0 Å². The van der Waals surface area contributed by atoms with Crippen molar-refractivity contribution >= 4 is 17.3 Å². The van der Waals surface area contributed by atoms with Gasteiger partial charge >= 0.3 is 0 Å². The Hall–Kier alpha value is -1.80. The second-order valence-electron chi connectivity index (χ2n) is 3.66. The minimum absolute atomic E-state index is 0.552. The van der Waals surface area contributed by atoms with Crippen molar-refractivity contribution in [1.29, 1.82) is 0 Å². The molecule has 0 atom stereocenters. The predicted octanol–water partition coefficient (Wildman–Crippen LogP) is 3.55. The van der Waals surface area contributed by atoms with Gasteiger partial charge in [0.25, 0.3) is 0 Å². The molecule has 1 aliphatic rings. The number of rotatable bonds is 0. The van der Waals surface area contributed by atoms with Crippen LogP contribution in [0, 0.1) is 0 Å². The molecule has 0 saturated heterocycles. The lowest BCUT2D eigenvalue weighted by Crippen LogP contribution is -1.98. The van der Waals surface area contributed by atoms with Crippen molar-refractivity contribution in [2.75, 3.05) is 0 Å². The highest BCUT2D eigenvalue weighted by Gasteiger charge is 2.26. The third-order valence-corrected chi connectivity index (χ3v) is 3.14. The molecule has 2 aromatic carbocycles. The van der Waals surface area contributed by atoms with Gasteiger partial charge in [-0.15, -0.1) is 0 Å². The van der Waals surface area contributed by atoms with Crippen LogP contribution in [0.5, 0.6) is 0 Å². The topological polar surface area (TPSA) is 32.6 Å². The van der Waals surface area contributed by atoms with Crippen molar-refractivity contribution < 1.29 is 5.21 Å². The number of nitrogens with zero attached hydrogens (tertiary/aromatic N) is 1. The van der Waals surface area contributed by atoms with E-state index in [9.17, 15) is 0 Å². The molecule has 0 saturated carbocycles. The quantitative estimate of drug-likeness (QED) is 0.464. The fourth-order valence-electron chi connectivity index (χ4n) is 2.15. The van der Waals surface area contributed by atoms with Crippen LogP contribution in [0.2, 0.25) is 5.02 Å². The summed E-state index contributed by atoms with van der Waals surface area (Å²) in [6, 6.07) is 13.5. The summed E-state index contributed by atoms with van der Waals surface area (Å²) in [6.07, 6.45) is 0. The molecule has 16 heavy (non-hydrogen) atoms. The molecule has 1 aliphatic carbocycles. The van der Waals surface area contributed by atoms with Gasteiger partial charge in [-0.3, -0.25) is 0 Å². The molecule has 0 spiro atoms. The summed E-state index contributed by atoms with van der Waals surface area (Å²) in [5.41, 5.74) is 4.38. The highest BCUT2D eigenvalue weighted by Crippen LogP contribution is 2.39. The van der Waals surface area contributed by atoms with Gasteiger partial charge in [-0.2, -0.15) is 0 Å². The van der Waals surface area contributed by atoms with E-state index in [1.54, 1.807) is 6.07 Å². The largest absolute Gasteiger partial charge is 0.410 e. The molecule has 3 rings (SSSR count). The Morgan fingerprint density at radius 1 is 0.875 bits per heavy atom. The average molecular weight is 230 g/mol. The van der Waals surface area contributed by atoms with Gasteiger partial charge in [0.1, 0.15) is 5.71 Å². The van der Waals surface area contributed by atoms with Crippen LogP contribution in [0.4, 0.5) is 0 Å². The van der Waals surface area contributed by atoms with Gasteiger partial charge in [-0.25, -0.2) is 0 Å². The second kappa shape index (κ2) is 3.35. The second-order valence-corrected chi connectivity index (χ2v) is 4.06. The van der Waals surface area contributed by atoms with E-state index in [2.05, 4.69) is 5.16 Å². The Balaban J connectivity index is 2.44. The number of hydrogen-bond donors (Lipinski definition) is 1. The summed E-state index contributed by atoms with van der Waals surface area (Å²) >= 11 is 6.14. The monoisotopic (exact) mass is 229 g/mol. The van der Waals surface area contributed by atoms with Crippen LogP contribution in [0.15, 0.2) is 47.6 Å². The molecular weight excluding hydrogens is 222 g/mol. The molecule has 0 fully saturated rings. The molecule has 2 aromatic rings. The first-order chi connectivity index (χ1) is 7.83. The SMILES string of the molecule is O/N=C1\c2ccccc2-c2cccc(Cl)c21.